The van der Waals surface area contributed by atoms with Gasteiger partial charge in [-0.25, -0.2) is 4.98 Å². The number of hydrogen-bond acceptors (Lipinski definition) is 9. The average Bonchev–Trinajstić information content (AvgIpc) is 3.42. The molecule has 9 nitrogen and oxygen atoms in total. The largest absolute Gasteiger partial charge is 0.497 e. The normalized spacial score (nSPS) is 14.6. The second kappa shape index (κ2) is 10.2. The molecule has 0 spiro atoms. The number of ether oxygens (including phenoxy) is 3. The summed E-state index contributed by atoms with van der Waals surface area (Å²) >= 11 is 1.31. The van der Waals surface area contributed by atoms with E-state index in [1.54, 1.807) is 26.5 Å². The molecule has 1 amide bonds. The molecule has 170 valence electrons. The number of aromatic nitrogens is 1. The number of nitrogens with one attached hydrogen (secondary N) is 1. The standard InChI is InChI=1S/C23H22N4O5S/c1-14-18(25-22(32-14)17-10-16(29-2)8-9-20(17)30-3)12-31-19-7-5-4-6-15(19)11-24-27-23-26-21(28)13-33-23/h4-11H,12-13H2,1-3H3,(H,26,27,28). The Bertz CT molecular complexity index is 1220. The third-order valence-corrected chi connectivity index (χ3v) is 5.61. The highest BCUT2D eigenvalue weighted by Crippen LogP contribution is 2.34. The number of oxazole rings is 1. The molecule has 0 radical (unpaired) electrons. The number of amidine groups is 1. The lowest BCUT2D eigenvalue weighted by molar-refractivity contribution is -0.116. The number of carbonyl (C=O) groups excluding carboxylic acids is 1. The quantitative estimate of drug-likeness (QED) is 0.397. The number of amides is 1. The summed E-state index contributed by atoms with van der Waals surface area (Å²) in [6.07, 6.45) is 1.58. The monoisotopic (exact) mass is 466 g/mol. The fraction of sp³-hybridized carbons (Fsp3) is 0.217. The summed E-state index contributed by atoms with van der Waals surface area (Å²) in [5, 5.41) is 11.2. The molecule has 10 heteroatoms. The molecule has 0 bridgehead atoms. The number of aryl methyl sites for hydroxylation is 1. The van der Waals surface area contributed by atoms with Crippen LogP contribution in [0.5, 0.6) is 17.2 Å². The van der Waals surface area contributed by atoms with Gasteiger partial charge in [0.25, 0.3) is 0 Å². The van der Waals surface area contributed by atoms with Gasteiger partial charge >= 0.3 is 0 Å². The third-order valence-electron chi connectivity index (χ3n) is 4.74. The predicted octanol–water partition coefficient (Wildman–Crippen LogP) is 3.80. The molecule has 0 atom stereocenters. The summed E-state index contributed by atoms with van der Waals surface area (Å²) in [5.41, 5.74) is 2.09. The second-order valence-electron chi connectivity index (χ2n) is 6.90. The molecule has 1 aromatic heterocycles. The minimum atomic E-state index is -0.0772. The van der Waals surface area contributed by atoms with Crippen LogP contribution in [0.15, 0.2) is 57.1 Å². The van der Waals surface area contributed by atoms with Crippen LogP contribution in [0.25, 0.3) is 11.5 Å². The molecule has 0 unspecified atom stereocenters. The van der Waals surface area contributed by atoms with Gasteiger partial charge in [0.1, 0.15) is 35.3 Å². The maximum atomic E-state index is 11.2. The lowest BCUT2D eigenvalue weighted by atomic mass is 10.2. The van der Waals surface area contributed by atoms with Crippen molar-refractivity contribution in [1.82, 2.24) is 10.3 Å². The van der Waals surface area contributed by atoms with Crippen LogP contribution < -0.4 is 19.5 Å². The third kappa shape index (κ3) is 5.35. The number of benzene rings is 2. The predicted molar refractivity (Wildman–Crippen MR) is 126 cm³/mol. The van der Waals surface area contributed by atoms with Gasteiger partial charge in [-0.2, -0.15) is 5.10 Å². The van der Waals surface area contributed by atoms with Crippen molar-refractivity contribution < 1.29 is 23.4 Å². The SMILES string of the molecule is COc1ccc(OC)c(-c2nc(COc3ccccc3C=NN=C3NC(=O)CS3)c(C)o2)c1. The van der Waals surface area contributed by atoms with E-state index in [0.717, 1.165) is 5.56 Å². The van der Waals surface area contributed by atoms with E-state index < -0.39 is 0 Å². The first-order chi connectivity index (χ1) is 16.1. The number of methoxy groups -OCH3 is 2. The molecule has 1 N–H and O–H groups in total. The second-order valence-corrected chi connectivity index (χ2v) is 7.87. The summed E-state index contributed by atoms with van der Waals surface area (Å²) in [7, 11) is 3.19. The van der Waals surface area contributed by atoms with Crippen molar-refractivity contribution in [3.8, 4) is 28.7 Å². The number of carbonyl (C=O) groups is 1. The molecule has 0 saturated carbocycles. The van der Waals surface area contributed by atoms with Gasteiger partial charge in [0.15, 0.2) is 5.17 Å². The van der Waals surface area contributed by atoms with Crippen LogP contribution in [0.3, 0.4) is 0 Å². The van der Waals surface area contributed by atoms with Crippen LogP contribution in [0.2, 0.25) is 0 Å². The summed E-state index contributed by atoms with van der Waals surface area (Å²) in [5.74, 6) is 3.26. The zero-order valence-electron chi connectivity index (χ0n) is 18.3. The van der Waals surface area contributed by atoms with Crippen molar-refractivity contribution in [2.24, 2.45) is 10.2 Å². The lowest BCUT2D eigenvalue weighted by Gasteiger charge is -2.08. The highest BCUT2D eigenvalue weighted by atomic mass is 32.2. The number of hydrogen-bond donors (Lipinski definition) is 1. The molecule has 1 aliphatic rings. The van der Waals surface area contributed by atoms with Crippen LogP contribution in [-0.4, -0.2) is 42.2 Å². The van der Waals surface area contributed by atoms with Gasteiger partial charge in [-0.15, -0.1) is 5.10 Å². The Labute approximate surface area is 194 Å². The Morgan fingerprint density at radius 1 is 1.18 bits per heavy atom. The molecule has 2 aromatic carbocycles. The van der Waals surface area contributed by atoms with E-state index in [2.05, 4.69) is 20.5 Å². The molecule has 1 aliphatic heterocycles. The molecule has 3 aromatic rings. The Balaban J connectivity index is 1.50. The molecule has 1 fully saturated rings. The van der Waals surface area contributed by atoms with Crippen molar-refractivity contribution >= 4 is 29.1 Å². The summed E-state index contributed by atoms with van der Waals surface area (Å²) in [6.45, 7) is 2.03. The van der Waals surface area contributed by atoms with Crippen molar-refractivity contribution in [3.63, 3.8) is 0 Å². The minimum Gasteiger partial charge on any atom is -0.497 e. The summed E-state index contributed by atoms with van der Waals surface area (Å²) in [4.78, 5) is 15.8. The van der Waals surface area contributed by atoms with E-state index in [-0.39, 0.29) is 12.5 Å². The van der Waals surface area contributed by atoms with Crippen LogP contribution in [0, 0.1) is 6.92 Å². The fourth-order valence-corrected chi connectivity index (χ4v) is 3.68. The number of rotatable bonds is 8. The van der Waals surface area contributed by atoms with Gasteiger partial charge in [-0.1, -0.05) is 23.9 Å². The molecule has 4 rings (SSSR count). The van der Waals surface area contributed by atoms with Gasteiger partial charge in [0.05, 0.1) is 31.8 Å². The van der Waals surface area contributed by atoms with Crippen LogP contribution in [0.4, 0.5) is 0 Å². The van der Waals surface area contributed by atoms with E-state index in [9.17, 15) is 4.79 Å². The zero-order chi connectivity index (χ0) is 23.2. The van der Waals surface area contributed by atoms with E-state index >= 15 is 0 Å². The zero-order valence-corrected chi connectivity index (χ0v) is 19.1. The van der Waals surface area contributed by atoms with Crippen molar-refractivity contribution in [2.75, 3.05) is 20.0 Å². The number of thioether (sulfide) groups is 1. The molecule has 0 aliphatic carbocycles. The van der Waals surface area contributed by atoms with Crippen molar-refractivity contribution in [1.29, 1.82) is 0 Å². The first-order valence-corrected chi connectivity index (χ1v) is 11.0. The van der Waals surface area contributed by atoms with Crippen molar-refractivity contribution in [3.05, 3.63) is 59.5 Å². The van der Waals surface area contributed by atoms with Gasteiger partial charge < -0.3 is 23.9 Å². The maximum Gasteiger partial charge on any atom is 0.236 e. The highest BCUT2D eigenvalue weighted by Gasteiger charge is 2.18. The number of nitrogens with zero attached hydrogens (tertiary/aromatic N) is 3. The van der Waals surface area contributed by atoms with E-state index in [1.165, 1.54) is 11.8 Å². The molecule has 2 heterocycles. The van der Waals surface area contributed by atoms with Gasteiger partial charge in [0.2, 0.25) is 11.8 Å². The Hall–Kier alpha value is -3.79. The van der Waals surface area contributed by atoms with Gasteiger partial charge in [-0.3, -0.25) is 4.79 Å². The molecule has 1 saturated heterocycles. The van der Waals surface area contributed by atoms with Crippen LogP contribution in [0.1, 0.15) is 17.0 Å². The smallest absolute Gasteiger partial charge is 0.236 e. The topological polar surface area (TPSA) is 108 Å². The van der Waals surface area contributed by atoms with E-state index in [1.807, 2.05) is 43.3 Å². The number of para-hydroxylation sites is 1. The average molecular weight is 467 g/mol. The van der Waals surface area contributed by atoms with E-state index in [4.69, 9.17) is 18.6 Å². The fourth-order valence-electron chi connectivity index (χ4n) is 3.05. The van der Waals surface area contributed by atoms with E-state index in [0.29, 0.717) is 51.1 Å². The van der Waals surface area contributed by atoms with Gasteiger partial charge in [0, 0.05) is 5.56 Å². The lowest BCUT2D eigenvalue weighted by Crippen LogP contribution is -2.19. The van der Waals surface area contributed by atoms with Crippen LogP contribution in [-0.2, 0) is 11.4 Å². The van der Waals surface area contributed by atoms with Gasteiger partial charge in [-0.05, 0) is 37.3 Å². The summed E-state index contributed by atoms with van der Waals surface area (Å²) < 4.78 is 22.6. The first kappa shape index (κ1) is 22.4. The van der Waals surface area contributed by atoms with Crippen molar-refractivity contribution in [2.45, 2.75) is 13.5 Å². The Morgan fingerprint density at radius 2 is 2.03 bits per heavy atom. The summed E-state index contributed by atoms with van der Waals surface area (Å²) in [6, 6.07) is 12.9. The Kier molecular flexibility index (Phi) is 6.94. The molecular formula is C23H22N4O5S. The molecular weight excluding hydrogens is 444 g/mol. The highest BCUT2D eigenvalue weighted by molar-refractivity contribution is 8.15. The molecule has 33 heavy (non-hydrogen) atoms. The minimum absolute atomic E-state index is 0.0772. The maximum absolute atomic E-state index is 11.2. The van der Waals surface area contributed by atoms with Crippen LogP contribution >= 0.6 is 11.8 Å². The Morgan fingerprint density at radius 3 is 2.79 bits per heavy atom. The first-order valence-electron chi connectivity index (χ1n) is 10.0.